The maximum atomic E-state index is 13.9. The number of carbonyl (C=O) groups excluding carboxylic acids is 1. The first-order valence-corrected chi connectivity index (χ1v) is 6.44. The molecule has 0 radical (unpaired) electrons. The summed E-state index contributed by atoms with van der Waals surface area (Å²) in [6.45, 7) is 3.40. The Balaban J connectivity index is 2.26. The van der Waals surface area contributed by atoms with Gasteiger partial charge in [-0.1, -0.05) is 11.6 Å². The molecule has 0 spiro atoms. The molecule has 0 aromatic carbocycles. The predicted octanol–water partition coefficient (Wildman–Crippen LogP) is 1.22. The van der Waals surface area contributed by atoms with Gasteiger partial charge < -0.3 is 15.0 Å². The minimum Gasteiger partial charge on any atom is -0.377 e. The average molecular weight is 288 g/mol. The number of halogens is 2. The van der Waals surface area contributed by atoms with E-state index in [1.54, 1.807) is 4.90 Å². The van der Waals surface area contributed by atoms with Crippen molar-refractivity contribution in [2.24, 2.45) is 0 Å². The number of nitrogens with zero attached hydrogens (tertiary/aromatic N) is 2. The van der Waals surface area contributed by atoms with E-state index in [1.807, 2.05) is 6.92 Å². The quantitative estimate of drug-likeness (QED) is 0.908. The van der Waals surface area contributed by atoms with E-state index in [0.29, 0.717) is 19.7 Å². The number of amides is 1. The second-order valence-electron chi connectivity index (χ2n) is 4.14. The molecule has 0 bridgehead atoms. The molecular weight excluding hydrogens is 273 g/mol. The van der Waals surface area contributed by atoms with Crippen molar-refractivity contribution in [2.75, 3.05) is 31.2 Å². The first kappa shape index (κ1) is 14.0. The van der Waals surface area contributed by atoms with E-state index in [1.165, 1.54) is 12.3 Å². The molecule has 7 heteroatoms. The number of nitrogens with one attached hydrogen (secondary N) is 1. The zero-order valence-corrected chi connectivity index (χ0v) is 11.3. The Kier molecular flexibility index (Phi) is 4.55. The number of likely N-dealkylation sites (N-methyl/N-ethyl adjacent to an activating group) is 1. The topological polar surface area (TPSA) is 54.5 Å². The van der Waals surface area contributed by atoms with Gasteiger partial charge in [0.2, 0.25) is 5.91 Å². The summed E-state index contributed by atoms with van der Waals surface area (Å²) in [4.78, 5) is 17.5. The smallest absolute Gasteiger partial charge is 0.245 e. The van der Waals surface area contributed by atoms with E-state index >= 15 is 0 Å². The molecule has 1 amide bonds. The van der Waals surface area contributed by atoms with Gasteiger partial charge >= 0.3 is 0 Å². The number of hydrogen-bond donors (Lipinski definition) is 1. The second kappa shape index (κ2) is 6.16. The van der Waals surface area contributed by atoms with Crippen molar-refractivity contribution in [2.45, 2.75) is 13.0 Å². The van der Waals surface area contributed by atoms with Crippen molar-refractivity contribution in [1.29, 1.82) is 0 Å². The van der Waals surface area contributed by atoms with Gasteiger partial charge in [0, 0.05) is 19.3 Å². The summed E-state index contributed by atoms with van der Waals surface area (Å²) in [7, 11) is 0. The van der Waals surface area contributed by atoms with Gasteiger partial charge in [0.15, 0.2) is 11.6 Å². The van der Waals surface area contributed by atoms with Crippen LogP contribution in [0.2, 0.25) is 5.02 Å². The lowest BCUT2D eigenvalue weighted by atomic mass is 10.2. The number of pyridine rings is 1. The Morgan fingerprint density at radius 2 is 2.53 bits per heavy atom. The molecule has 2 heterocycles. The highest BCUT2D eigenvalue weighted by Gasteiger charge is 2.31. The van der Waals surface area contributed by atoms with Crippen LogP contribution in [0.3, 0.4) is 0 Å². The van der Waals surface area contributed by atoms with E-state index in [0.717, 1.165) is 0 Å². The van der Waals surface area contributed by atoms with Crippen LogP contribution in [0.1, 0.15) is 6.92 Å². The third-order valence-electron chi connectivity index (χ3n) is 2.84. The maximum absolute atomic E-state index is 13.9. The van der Waals surface area contributed by atoms with Crippen molar-refractivity contribution in [3.05, 3.63) is 23.1 Å². The molecule has 0 aliphatic carbocycles. The van der Waals surface area contributed by atoms with Crippen molar-refractivity contribution in [3.63, 3.8) is 0 Å². The van der Waals surface area contributed by atoms with Gasteiger partial charge in [0.25, 0.3) is 0 Å². The normalized spacial score (nSPS) is 19.3. The molecule has 1 atom stereocenters. The summed E-state index contributed by atoms with van der Waals surface area (Å²) in [5.74, 6) is -0.606. The van der Waals surface area contributed by atoms with Gasteiger partial charge in [-0.15, -0.1) is 0 Å². The Morgan fingerprint density at radius 1 is 1.74 bits per heavy atom. The highest BCUT2D eigenvalue weighted by Crippen LogP contribution is 2.23. The Morgan fingerprint density at radius 3 is 3.21 bits per heavy atom. The number of hydrogen-bond acceptors (Lipinski definition) is 4. The zero-order valence-electron chi connectivity index (χ0n) is 10.5. The number of carbonyl (C=O) groups is 1. The average Bonchev–Trinajstić information content (AvgIpc) is 2.39. The van der Waals surface area contributed by atoms with Crippen LogP contribution >= 0.6 is 11.6 Å². The monoisotopic (exact) mass is 287 g/mol. The zero-order chi connectivity index (χ0) is 13.8. The molecule has 104 valence electrons. The summed E-state index contributed by atoms with van der Waals surface area (Å²) in [5.41, 5.74) is 0. The first-order valence-electron chi connectivity index (χ1n) is 6.06. The Hall–Kier alpha value is -1.40. The summed E-state index contributed by atoms with van der Waals surface area (Å²) in [6, 6.07) is 0.616. The third-order valence-corrected chi connectivity index (χ3v) is 3.05. The van der Waals surface area contributed by atoms with E-state index in [-0.39, 0.29) is 23.4 Å². The number of rotatable bonds is 3. The molecule has 1 aromatic heterocycles. The van der Waals surface area contributed by atoms with Gasteiger partial charge in [-0.05, 0) is 13.0 Å². The lowest BCUT2D eigenvalue weighted by Crippen LogP contribution is -2.54. The van der Waals surface area contributed by atoms with Crippen LogP contribution in [0.15, 0.2) is 12.3 Å². The summed E-state index contributed by atoms with van der Waals surface area (Å²) in [5, 5.41) is 2.93. The standard InChI is InChI=1S/C12H15ClFN3O2/c1-2-15-12(18)10-7-19-4-3-17(10)11-9(14)5-8(13)6-16-11/h5-6,10H,2-4,7H2,1H3,(H,15,18). The number of anilines is 1. The van der Waals surface area contributed by atoms with Crippen LogP contribution in [0, 0.1) is 5.82 Å². The van der Waals surface area contributed by atoms with E-state index in [2.05, 4.69) is 10.3 Å². The van der Waals surface area contributed by atoms with Gasteiger partial charge in [-0.25, -0.2) is 9.37 Å². The highest BCUT2D eigenvalue weighted by molar-refractivity contribution is 6.30. The molecule has 19 heavy (non-hydrogen) atoms. The molecule has 0 saturated carbocycles. The Bertz CT molecular complexity index is 472. The molecule has 2 rings (SSSR count). The lowest BCUT2D eigenvalue weighted by molar-refractivity contribution is -0.124. The van der Waals surface area contributed by atoms with Gasteiger partial charge in [-0.3, -0.25) is 4.79 Å². The van der Waals surface area contributed by atoms with Crippen LogP contribution < -0.4 is 10.2 Å². The molecular formula is C12H15ClFN3O2. The number of ether oxygens (including phenoxy) is 1. The first-order chi connectivity index (χ1) is 9.13. The molecule has 1 fully saturated rings. The van der Waals surface area contributed by atoms with E-state index in [9.17, 15) is 9.18 Å². The molecule has 1 aliphatic heterocycles. The largest absolute Gasteiger partial charge is 0.377 e. The molecule has 1 aliphatic rings. The molecule has 1 saturated heterocycles. The molecule has 1 aromatic rings. The highest BCUT2D eigenvalue weighted by atomic mass is 35.5. The van der Waals surface area contributed by atoms with Crippen LogP contribution in [0.5, 0.6) is 0 Å². The summed E-state index contributed by atoms with van der Waals surface area (Å²) >= 11 is 5.68. The van der Waals surface area contributed by atoms with Crippen molar-refractivity contribution < 1.29 is 13.9 Å². The minimum atomic E-state index is -0.572. The second-order valence-corrected chi connectivity index (χ2v) is 4.57. The predicted molar refractivity (Wildman–Crippen MR) is 69.8 cm³/mol. The van der Waals surface area contributed by atoms with Crippen molar-refractivity contribution in [3.8, 4) is 0 Å². The fourth-order valence-electron chi connectivity index (χ4n) is 1.99. The Labute approximate surface area is 115 Å². The van der Waals surface area contributed by atoms with Crippen molar-refractivity contribution in [1.82, 2.24) is 10.3 Å². The maximum Gasteiger partial charge on any atom is 0.245 e. The summed E-state index contributed by atoms with van der Waals surface area (Å²) < 4.78 is 19.2. The third kappa shape index (κ3) is 3.13. The number of morpholine rings is 1. The van der Waals surface area contributed by atoms with Crippen molar-refractivity contribution >= 4 is 23.3 Å². The van der Waals surface area contributed by atoms with Crippen LogP contribution in [0.4, 0.5) is 10.2 Å². The summed E-state index contributed by atoms with van der Waals surface area (Å²) in [6.07, 6.45) is 1.37. The van der Waals surface area contributed by atoms with Crippen LogP contribution in [-0.2, 0) is 9.53 Å². The molecule has 5 nitrogen and oxygen atoms in total. The van der Waals surface area contributed by atoms with Gasteiger partial charge in [0.05, 0.1) is 18.2 Å². The minimum absolute atomic E-state index is 0.129. The van der Waals surface area contributed by atoms with Crippen LogP contribution in [-0.4, -0.2) is 43.2 Å². The lowest BCUT2D eigenvalue weighted by Gasteiger charge is -2.35. The van der Waals surface area contributed by atoms with Gasteiger partial charge in [0.1, 0.15) is 6.04 Å². The van der Waals surface area contributed by atoms with Gasteiger partial charge in [-0.2, -0.15) is 0 Å². The fraction of sp³-hybridized carbons (Fsp3) is 0.500. The van der Waals surface area contributed by atoms with E-state index < -0.39 is 11.9 Å². The van der Waals surface area contributed by atoms with Crippen LogP contribution in [0.25, 0.3) is 0 Å². The molecule has 1 unspecified atom stereocenters. The van der Waals surface area contributed by atoms with E-state index in [4.69, 9.17) is 16.3 Å². The SMILES string of the molecule is CCNC(=O)C1COCCN1c1ncc(Cl)cc1F. The fourth-order valence-corrected chi connectivity index (χ4v) is 2.13. The number of aromatic nitrogens is 1. The molecule has 1 N–H and O–H groups in total.